The van der Waals surface area contributed by atoms with Crippen LogP contribution in [-0.4, -0.2) is 49.6 Å². The van der Waals surface area contributed by atoms with Gasteiger partial charge in [-0.1, -0.05) is 13.8 Å². The van der Waals surface area contributed by atoms with Crippen molar-refractivity contribution in [2.24, 2.45) is 0 Å². The first kappa shape index (κ1) is 20.2. The van der Waals surface area contributed by atoms with Crippen molar-refractivity contribution in [2.75, 3.05) is 39.2 Å². The van der Waals surface area contributed by atoms with Crippen molar-refractivity contribution in [3.63, 3.8) is 0 Å². The minimum absolute atomic E-state index is 0.0329. The monoisotopic (exact) mass is 377 g/mol. The zero-order chi connectivity index (χ0) is 18.9. The van der Waals surface area contributed by atoms with Crippen molar-refractivity contribution in [1.82, 2.24) is 9.88 Å². The Labute approximate surface area is 159 Å². The second-order valence-corrected chi connectivity index (χ2v) is 6.79. The Hall–Kier alpha value is -2.12. The summed E-state index contributed by atoms with van der Waals surface area (Å²) < 4.78 is 10.7. The normalized spacial score (nSPS) is 10.8. The van der Waals surface area contributed by atoms with Gasteiger partial charge >= 0.3 is 0 Å². The van der Waals surface area contributed by atoms with E-state index in [0.29, 0.717) is 17.4 Å². The van der Waals surface area contributed by atoms with Gasteiger partial charge in [0.1, 0.15) is 11.5 Å². The average Bonchev–Trinajstić information content (AvgIpc) is 3.09. The highest BCUT2D eigenvalue weighted by molar-refractivity contribution is 7.14. The number of aromatic nitrogens is 1. The molecule has 2 aromatic rings. The molecule has 0 spiro atoms. The molecule has 7 heteroatoms. The molecular formula is C19H27N3O3S. The van der Waals surface area contributed by atoms with Crippen molar-refractivity contribution in [2.45, 2.75) is 26.7 Å². The van der Waals surface area contributed by atoms with Crippen LogP contribution in [0.25, 0.3) is 11.3 Å². The summed E-state index contributed by atoms with van der Waals surface area (Å²) in [6, 6.07) is 5.59. The topological polar surface area (TPSA) is 63.7 Å². The number of hydrogen-bond acceptors (Lipinski definition) is 6. The Balaban J connectivity index is 2.06. The molecule has 0 fully saturated rings. The molecule has 0 saturated carbocycles. The van der Waals surface area contributed by atoms with Gasteiger partial charge in [0, 0.05) is 17.0 Å². The van der Waals surface area contributed by atoms with Crippen LogP contribution in [0.3, 0.4) is 0 Å². The van der Waals surface area contributed by atoms with Crippen LogP contribution in [0, 0.1) is 0 Å². The number of thiazole rings is 1. The molecule has 1 aromatic heterocycles. The maximum atomic E-state index is 12.3. The van der Waals surface area contributed by atoms with Crippen molar-refractivity contribution in [1.29, 1.82) is 0 Å². The van der Waals surface area contributed by atoms with Crippen LogP contribution < -0.4 is 14.8 Å². The van der Waals surface area contributed by atoms with Gasteiger partial charge in [-0.2, -0.15) is 0 Å². The van der Waals surface area contributed by atoms with Gasteiger partial charge in [0.05, 0.1) is 26.5 Å². The fourth-order valence-corrected chi connectivity index (χ4v) is 3.46. The van der Waals surface area contributed by atoms with E-state index in [4.69, 9.17) is 9.47 Å². The van der Waals surface area contributed by atoms with E-state index in [1.165, 1.54) is 11.3 Å². The number of carbonyl (C=O) groups is 1. The molecule has 26 heavy (non-hydrogen) atoms. The maximum absolute atomic E-state index is 12.3. The second-order valence-electron chi connectivity index (χ2n) is 5.93. The number of benzene rings is 1. The van der Waals surface area contributed by atoms with Crippen molar-refractivity contribution < 1.29 is 14.3 Å². The lowest BCUT2D eigenvalue weighted by molar-refractivity contribution is -0.117. The maximum Gasteiger partial charge on any atom is 0.240 e. The summed E-state index contributed by atoms with van der Waals surface area (Å²) in [5.41, 5.74) is 1.63. The zero-order valence-corrected chi connectivity index (χ0v) is 16.7. The average molecular weight is 378 g/mol. The van der Waals surface area contributed by atoms with E-state index in [0.717, 1.165) is 42.9 Å². The van der Waals surface area contributed by atoms with Gasteiger partial charge in [0.2, 0.25) is 5.91 Å². The van der Waals surface area contributed by atoms with E-state index in [1.54, 1.807) is 14.2 Å². The number of nitrogens with one attached hydrogen (secondary N) is 1. The van der Waals surface area contributed by atoms with Gasteiger partial charge in [0.25, 0.3) is 0 Å². The van der Waals surface area contributed by atoms with Gasteiger partial charge in [-0.15, -0.1) is 11.3 Å². The van der Waals surface area contributed by atoms with E-state index in [9.17, 15) is 4.79 Å². The van der Waals surface area contributed by atoms with Gasteiger partial charge in [-0.25, -0.2) is 4.98 Å². The van der Waals surface area contributed by atoms with Crippen molar-refractivity contribution in [3.8, 4) is 22.8 Å². The van der Waals surface area contributed by atoms with E-state index in [2.05, 4.69) is 29.0 Å². The number of anilines is 1. The molecule has 0 aliphatic carbocycles. The molecule has 0 radical (unpaired) electrons. The summed E-state index contributed by atoms with van der Waals surface area (Å²) in [5, 5.41) is 5.41. The number of rotatable bonds is 10. The minimum atomic E-state index is -0.0329. The zero-order valence-electron chi connectivity index (χ0n) is 15.9. The third-order valence-electron chi connectivity index (χ3n) is 3.88. The highest BCUT2D eigenvalue weighted by Crippen LogP contribution is 2.34. The fraction of sp³-hybridized carbons (Fsp3) is 0.474. The Morgan fingerprint density at radius 3 is 2.54 bits per heavy atom. The SMILES string of the molecule is CCCN(CCC)CC(=O)Nc1nc(-c2ccc(OC)cc2OC)cs1. The molecule has 1 aromatic carbocycles. The second kappa shape index (κ2) is 10.1. The van der Waals surface area contributed by atoms with Gasteiger partial charge < -0.3 is 14.8 Å². The Morgan fingerprint density at radius 2 is 1.92 bits per heavy atom. The highest BCUT2D eigenvalue weighted by atomic mass is 32.1. The first-order valence-electron chi connectivity index (χ1n) is 8.81. The summed E-state index contributed by atoms with van der Waals surface area (Å²) in [5.74, 6) is 1.38. The molecule has 0 bridgehead atoms. The molecule has 6 nitrogen and oxygen atoms in total. The van der Waals surface area contributed by atoms with Crippen LogP contribution in [0.1, 0.15) is 26.7 Å². The molecule has 1 amide bonds. The number of ether oxygens (including phenoxy) is 2. The predicted molar refractivity (Wildman–Crippen MR) is 106 cm³/mol. The van der Waals surface area contributed by atoms with Crippen LogP contribution >= 0.6 is 11.3 Å². The van der Waals surface area contributed by atoms with Crippen LogP contribution in [0.4, 0.5) is 5.13 Å². The molecular weight excluding hydrogens is 350 g/mol. The summed E-state index contributed by atoms with van der Waals surface area (Å²) in [7, 11) is 3.23. The molecule has 1 N–H and O–H groups in total. The smallest absolute Gasteiger partial charge is 0.240 e. The Bertz CT molecular complexity index is 712. The molecule has 142 valence electrons. The largest absolute Gasteiger partial charge is 0.497 e. The fourth-order valence-electron chi connectivity index (χ4n) is 2.73. The third kappa shape index (κ3) is 5.44. The summed E-state index contributed by atoms with van der Waals surface area (Å²) in [4.78, 5) is 19.0. The molecule has 0 aliphatic rings. The molecule has 0 atom stereocenters. The Morgan fingerprint density at radius 1 is 1.19 bits per heavy atom. The Kier molecular flexibility index (Phi) is 7.87. The first-order valence-corrected chi connectivity index (χ1v) is 9.69. The molecule has 0 saturated heterocycles. The summed E-state index contributed by atoms with van der Waals surface area (Å²) >= 11 is 1.41. The number of hydrogen-bond donors (Lipinski definition) is 1. The molecule has 0 aliphatic heterocycles. The van der Waals surface area contributed by atoms with Crippen LogP contribution in [0.2, 0.25) is 0 Å². The standard InChI is InChI=1S/C19H27N3O3S/c1-5-9-22(10-6-2)12-18(23)21-19-20-16(13-26-19)15-8-7-14(24-3)11-17(15)25-4/h7-8,11,13H,5-6,9-10,12H2,1-4H3,(H,20,21,23). The predicted octanol–water partition coefficient (Wildman–Crippen LogP) is 3.89. The van der Waals surface area contributed by atoms with E-state index >= 15 is 0 Å². The molecule has 0 unspecified atom stereocenters. The summed E-state index contributed by atoms with van der Waals surface area (Å²) in [6.07, 6.45) is 2.07. The van der Waals surface area contributed by atoms with E-state index in [-0.39, 0.29) is 5.91 Å². The van der Waals surface area contributed by atoms with Gasteiger partial charge in [0.15, 0.2) is 5.13 Å². The lowest BCUT2D eigenvalue weighted by Gasteiger charge is -2.19. The number of carbonyl (C=O) groups excluding carboxylic acids is 1. The number of nitrogens with zero attached hydrogens (tertiary/aromatic N) is 2. The molecule has 2 rings (SSSR count). The lowest BCUT2D eigenvalue weighted by Crippen LogP contribution is -2.34. The van der Waals surface area contributed by atoms with Crippen molar-refractivity contribution >= 4 is 22.4 Å². The van der Waals surface area contributed by atoms with Crippen LogP contribution in [0.15, 0.2) is 23.6 Å². The van der Waals surface area contributed by atoms with E-state index in [1.807, 2.05) is 23.6 Å². The third-order valence-corrected chi connectivity index (χ3v) is 4.64. The van der Waals surface area contributed by atoms with Gasteiger partial charge in [-0.3, -0.25) is 9.69 Å². The summed E-state index contributed by atoms with van der Waals surface area (Å²) in [6.45, 7) is 6.48. The van der Waals surface area contributed by atoms with Gasteiger partial charge in [-0.05, 0) is 38.1 Å². The van der Waals surface area contributed by atoms with Crippen molar-refractivity contribution in [3.05, 3.63) is 23.6 Å². The highest BCUT2D eigenvalue weighted by Gasteiger charge is 2.14. The van der Waals surface area contributed by atoms with Crippen LogP contribution in [0.5, 0.6) is 11.5 Å². The van der Waals surface area contributed by atoms with Crippen LogP contribution in [-0.2, 0) is 4.79 Å². The number of amides is 1. The minimum Gasteiger partial charge on any atom is -0.497 e. The quantitative estimate of drug-likeness (QED) is 0.681. The lowest BCUT2D eigenvalue weighted by atomic mass is 10.1. The first-order chi connectivity index (χ1) is 12.6. The molecule has 1 heterocycles. The van der Waals surface area contributed by atoms with E-state index < -0.39 is 0 Å². The number of methoxy groups -OCH3 is 2.